The van der Waals surface area contributed by atoms with Gasteiger partial charge in [-0.15, -0.1) is 0 Å². The molecule has 344 valence electrons. The maximum Gasteiger partial charge on any atom is 0.187 e. The Labute approximate surface area is 353 Å². The second-order valence-electron chi connectivity index (χ2n) is 21.1. The van der Waals surface area contributed by atoms with Crippen LogP contribution in [0.2, 0.25) is 0 Å². The van der Waals surface area contributed by atoms with E-state index in [0.29, 0.717) is 48.3 Å². The average Bonchev–Trinajstić information content (AvgIpc) is 3.66. The van der Waals surface area contributed by atoms with Gasteiger partial charge < -0.3 is 78.7 Å². The van der Waals surface area contributed by atoms with Crippen LogP contribution in [-0.4, -0.2) is 164 Å². The van der Waals surface area contributed by atoms with Gasteiger partial charge in [-0.25, -0.2) is 0 Å². The Hall–Kier alpha value is -0.640. The van der Waals surface area contributed by atoms with E-state index in [2.05, 4.69) is 27.7 Å². The Morgan fingerprint density at radius 1 is 0.600 bits per heavy atom. The molecule has 4 saturated carbocycles. The van der Waals surface area contributed by atoms with Crippen LogP contribution < -0.4 is 0 Å². The Bertz CT molecular complexity index is 1520. The molecule has 9 rings (SSSR count). The standard InChI is InChI=1S/C44H72O16/c1-18-9-12-44(54-16-18)19(2)30-28(60-44)15-26-24-8-7-22-13-23(14-29(46)43(22,6)25(24)10-11-42(26,30)5)57-41-38(33(49)27(45)17-53-41)59-40-36(52)37(32(48)21(4)56-40)58-39-35(51)34(50)31(47)20(3)55-39/h18-41,45-52H,7-17H2,1-6H3/t18?,19?,20-,21-,22?,23-,24?,25?,26?,27-,28?,29-,30?,31+,32-,33-,34-,35-,36-,37-,38-,39+,40+,41+,42+,43+,44?/m1/s1. The summed E-state index contributed by atoms with van der Waals surface area (Å²) in [5, 5.41) is 87.6. The fourth-order valence-corrected chi connectivity index (χ4v) is 14.3. The second kappa shape index (κ2) is 16.4. The summed E-state index contributed by atoms with van der Waals surface area (Å²) >= 11 is 0. The van der Waals surface area contributed by atoms with Gasteiger partial charge in [0.05, 0.1) is 43.7 Å². The molecule has 5 saturated heterocycles. The topological polar surface area (TPSA) is 236 Å². The van der Waals surface area contributed by atoms with Crippen LogP contribution in [-0.2, 0) is 37.9 Å². The van der Waals surface area contributed by atoms with Gasteiger partial charge in [-0.2, -0.15) is 0 Å². The molecule has 0 aromatic rings. The van der Waals surface area contributed by atoms with Crippen LogP contribution in [0.25, 0.3) is 0 Å². The lowest BCUT2D eigenvalue weighted by Gasteiger charge is -2.62. The highest BCUT2D eigenvalue weighted by molar-refractivity contribution is 5.16. The first kappa shape index (κ1) is 44.6. The van der Waals surface area contributed by atoms with Crippen molar-refractivity contribution < 1.29 is 78.7 Å². The van der Waals surface area contributed by atoms with E-state index < -0.39 is 104 Å². The maximum atomic E-state index is 12.2. The van der Waals surface area contributed by atoms with Crippen molar-refractivity contribution in [3.8, 4) is 0 Å². The van der Waals surface area contributed by atoms with Crippen molar-refractivity contribution in [3.63, 3.8) is 0 Å². The molecule has 16 heteroatoms. The Balaban J connectivity index is 0.860. The summed E-state index contributed by atoms with van der Waals surface area (Å²) in [5.41, 5.74) is -0.133. The number of aliphatic hydroxyl groups is 8. The highest BCUT2D eigenvalue weighted by atomic mass is 16.8. The van der Waals surface area contributed by atoms with E-state index in [9.17, 15) is 40.9 Å². The number of ether oxygens (including phenoxy) is 8. The van der Waals surface area contributed by atoms with Gasteiger partial charge in [-0.1, -0.05) is 27.7 Å². The van der Waals surface area contributed by atoms with Crippen LogP contribution in [0.1, 0.15) is 99.3 Å². The molecule has 5 heterocycles. The first-order valence-corrected chi connectivity index (χ1v) is 23.0. The Kier molecular flexibility index (Phi) is 12.1. The van der Waals surface area contributed by atoms with Crippen molar-refractivity contribution in [3.05, 3.63) is 0 Å². The van der Waals surface area contributed by atoms with Gasteiger partial charge in [-0.05, 0) is 105 Å². The number of aliphatic hydroxyl groups excluding tert-OH is 8. The normalized spacial score (nSPS) is 60.5. The molecular weight excluding hydrogens is 784 g/mol. The Morgan fingerprint density at radius 2 is 1.30 bits per heavy atom. The van der Waals surface area contributed by atoms with E-state index in [1.165, 1.54) is 13.8 Å². The highest BCUT2D eigenvalue weighted by Gasteiger charge is 2.70. The van der Waals surface area contributed by atoms with E-state index in [-0.39, 0.29) is 29.5 Å². The zero-order valence-electron chi connectivity index (χ0n) is 36.0. The predicted octanol–water partition coefficient (Wildman–Crippen LogP) is 0.932. The van der Waals surface area contributed by atoms with Crippen molar-refractivity contribution >= 4 is 0 Å². The van der Waals surface area contributed by atoms with Gasteiger partial charge in [-0.3, -0.25) is 0 Å². The van der Waals surface area contributed by atoms with E-state index in [4.69, 9.17) is 37.9 Å². The maximum absolute atomic E-state index is 12.2. The molecule has 1 spiro atoms. The molecule has 0 bridgehead atoms. The summed E-state index contributed by atoms with van der Waals surface area (Å²) < 4.78 is 49.4. The van der Waals surface area contributed by atoms with Crippen LogP contribution in [0.5, 0.6) is 0 Å². The number of hydrogen-bond acceptors (Lipinski definition) is 16. The van der Waals surface area contributed by atoms with Crippen molar-refractivity contribution in [2.75, 3.05) is 13.2 Å². The molecule has 60 heavy (non-hydrogen) atoms. The first-order valence-electron chi connectivity index (χ1n) is 23.0. The average molecular weight is 857 g/mol. The van der Waals surface area contributed by atoms with E-state index in [1.807, 2.05) is 0 Å². The smallest absolute Gasteiger partial charge is 0.187 e. The number of rotatable bonds is 6. The van der Waals surface area contributed by atoms with Gasteiger partial charge in [0.2, 0.25) is 0 Å². The van der Waals surface area contributed by atoms with E-state index >= 15 is 0 Å². The van der Waals surface area contributed by atoms with Crippen molar-refractivity contribution in [2.45, 2.75) is 209 Å². The molecule has 9 unspecified atom stereocenters. The fourth-order valence-electron chi connectivity index (χ4n) is 14.3. The molecule has 0 aromatic heterocycles. The fraction of sp³-hybridized carbons (Fsp3) is 1.00. The van der Waals surface area contributed by atoms with Crippen LogP contribution in [0.15, 0.2) is 0 Å². The summed E-state index contributed by atoms with van der Waals surface area (Å²) in [6.45, 7) is 13.0. The first-order chi connectivity index (χ1) is 28.4. The summed E-state index contributed by atoms with van der Waals surface area (Å²) in [6.07, 6.45) is -12.1. The molecular formula is C44H72O16. The Morgan fingerprint density at radius 3 is 2.02 bits per heavy atom. The van der Waals surface area contributed by atoms with Crippen molar-refractivity contribution in [1.82, 2.24) is 0 Å². The van der Waals surface area contributed by atoms with Crippen molar-refractivity contribution in [2.24, 2.45) is 52.3 Å². The molecule has 8 N–H and O–H groups in total. The van der Waals surface area contributed by atoms with E-state index in [1.54, 1.807) is 0 Å². The van der Waals surface area contributed by atoms with Gasteiger partial charge in [0.25, 0.3) is 0 Å². The number of hydrogen-bond donors (Lipinski definition) is 8. The third kappa shape index (κ3) is 7.09. The molecule has 0 aromatic carbocycles. The van der Waals surface area contributed by atoms with Gasteiger partial charge in [0, 0.05) is 18.8 Å². The molecule has 27 atom stereocenters. The molecule has 4 aliphatic carbocycles. The van der Waals surface area contributed by atoms with Gasteiger partial charge >= 0.3 is 0 Å². The van der Waals surface area contributed by atoms with Gasteiger partial charge in [0.1, 0.15) is 54.9 Å². The molecule has 9 aliphatic rings. The quantitative estimate of drug-likeness (QED) is 0.174. The predicted molar refractivity (Wildman–Crippen MR) is 208 cm³/mol. The summed E-state index contributed by atoms with van der Waals surface area (Å²) in [7, 11) is 0. The summed E-state index contributed by atoms with van der Waals surface area (Å²) in [5.74, 6) is 2.52. The SMILES string of the molecule is CC1CCC2(OC1)OC1CC3C4CCC5C[C@@H](O[C@@H]6OC[C@@H](O)[C@@H](O)[C@H]6O[C@@H]6O[C@H](C)[C@@H](O)[C@@H](O[C@@H]7O[C@H](C)[C@H](O)[C@@H](O)[C@H]7O)[C@H]6O)C[C@@H](O)[C@]5(C)C4CC[C@]3(C)C1C2C. The minimum atomic E-state index is -1.71. The molecule has 5 aliphatic heterocycles. The van der Waals surface area contributed by atoms with Crippen LogP contribution in [0.3, 0.4) is 0 Å². The minimum Gasteiger partial charge on any atom is -0.392 e. The summed E-state index contributed by atoms with van der Waals surface area (Å²) in [6, 6.07) is 0. The van der Waals surface area contributed by atoms with E-state index in [0.717, 1.165) is 51.6 Å². The van der Waals surface area contributed by atoms with Crippen molar-refractivity contribution in [1.29, 1.82) is 0 Å². The highest BCUT2D eigenvalue weighted by Crippen LogP contribution is 2.71. The number of fused-ring (bicyclic) bond motifs is 7. The lowest BCUT2D eigenvalue weighted by Crippen LogP contribution is -2.65. The molecule has 9 fully saturated rings. The molecule has 0 radical (unpaired) electrons. The van der Waals surface area contributed by atoms with Crippen LogP contribution in [0, 0.1) is 52.3 Å². The third-order valence-electron chi connectivity index (χ3n) is 17.9. The zero-order valence-corrected chi connectivity index (χ0v) is 36.0. The lowest BCUT2D eigenvalue weighted by molar-refractivity contribution is -0.379. The largest absolute Gasteiger partial charge is 0.392 e. The monoisotopic (exact) mass is 856 g/mol. The van der Waals surface area contributed by atoms with Crippen LogP contribution >= 0.6 is 0 Å². The van der Waals surface area contributed by atoms with Crippen LogP contribution in [0.4, 0.5) is 0 Å². The minimum absolute atomic E-state index is 0.168. The third-order valence-corrected chi connectivity index (χ3v) is 17.9. The summed E-state index contributed by atoms with van der Waals surface area (Å²) in [4.78, 5) is 0. The zero-order chi connectivity index (χ0) is 42.8. The van der Waals surface area contributed by atoms with Gasteiger partial charge in [0.15, 0.2) is 24.7 Å². The molecule has 0 amide bonds. The second-order valence-corrected chi connectivity index (χ2v) is 21.1. The lowest BCUT2D eigenvalue weighted by atomic mass is 9.43. The molecule has 16 nitrogen and oxygen atoms in total.